The minimum Gasteiger partial charge on any atom is -0.460 e. The zero-order valence-electron chi connectivity index (χ0n) is 16.7. The highest BCUT2D eigenvalue weighted by atomic mass is 16.6. The lowest BCUT2D eigenvalue weighted by Gasteiger charge is -2.17. The van der Waals surface area contributed by atoms with Crippen molar-refractivity contribution in [2.24, 2.45) is 5.73 Å². The maximum Gasteiger partial charge on any atom is 0.325 e. The smallest absolute Gasteiger partial charge is 0.325 e. The molecular formula is C19H37N3O4. The van der Waals surface area contributed by atoms with Gasteiger partial charge in [0, 0.05) is 13.5 Å². The third-order valence-corrected chi connectivity index (χ3v) is 4.07. The van der Waals surface area contributed by atoms with Gasteiger partial charge in [0.05, 0.1) is 0 Å². The van der Waals surface area contributed by atoms with Crippen LogP contribution in [-0.4, -0.2) is 49.1 Å². The first-order valence-corrected chi connectivity index (χ1v) is 9.77. The summed E-state index contributed by atoms with van der Waals surface area (Å²) >= 11 is 0. The molecule has 0 fully saturated rings. The van der Waals surface area contributed by atoms with Crippen LogP contribution in [0.5, 0.6) is 0 Å². The molecule has 0 amide bonds. The van der Waals surface area contributed by atoms with Crippen LogP contribution in [0.3, 0.4) is 0 Å². The number of nitrogens with two attached hydrogens (primary N) is 1. The van der Waals surface area contributed by atoms with Gasteiger partial charge in [-0.2, -0.15) is 0 Å². The average Bonchev–Trinajstić information content (AvgIpc) is 2.58. The van der Waals surface area contributed by atoms with Gasteiger partial charge in [-0.3, -0.25) is 15.0 Å². The van der Waals surface area contributed by atoms with Gasteiger partial charge in [0.15, 0.2) is 5.96 Å². The fourth-order valence-corrected chi connectivity index (χ4v) is 2.43. The fraction of sp³-hybridized carbons (Fsp3) is 0.842. The number of hydrogen-bond acceptors (Lipinski definition) is 5. The number of nitrogens with zero attached hydrogens (tertiary/aromatic N) is 1. The number of carbonyl (C=O) groups is 2. The molecule has 0 aliphatic carbocycles. The normalized spacial score (nSPS) is 11.7. The second-order valence-corrected chi connectivity index (χ2v) is 6.80. The van der Waals surface area contributed by atoms with Crippen molar-refractivity contribution in [1.82, 2.24) is 4.90 Å². The van der Waals surface area contributed by atoms with Crippen LogP contribution in [0.25, 0.3) is 0 Å². The van der Waals surface area contributed by atoms with Crippen molar-refractivity contribution < 1.29 is 19.1 Å². The molecule has 0 spiro atoms. The molecule has 0 aromatic rings. The summed E-state index contributed by atoms with van der Waals surface area (Å²) in [6, 6.07) is 0. The van der Waals surface area contributed by atoms with E-state index >= 15 is 0 Å². The summed E-state index contributed by atoms with van der Waals surface area (Å²) in [5.74, 6) is -0.968. The van der Waals surface area contributed by atoms with Crippen molar-refractivity contribution in [3.8, 4) is 0 Å². The molecular weight excluding hydrogens is 334 g/mol. The van der Waals surface area contributed by atoms with E-state index in [0.29, 0.717) is 6.42 Å². The van der Waals surface area contributed by atoms with Crippen LogP contribution < -0.4 is 5.73 Å². The Morgan fingerprint density at radius 2 is 1.54 bits per heavy atom. The topological polar surface area (TPSA) is 106 Å². The van der Waals surface area contributed by atoms with E-state index in [0.717, 1.165) is 19.3 Å². The number of esters is 2. The van der Waals surface area contributed by atoms with Crippen molar-refractivity contribution in [2.45, 2.75) is 84.2 Å². The van der Waals surface area contributed by atoms with Crippen LogP contribution in [0, 0.1) is 5.41 Å². The number of hydrogen-bond donors (Lipinski definition) is 2. The van der Waals surface area contributed by atoms with E-state index in [9.17, 15) is 9.59 Å². The maximum absolute atomic E-state index is 11.8. The summed E-state index contributed by atoms with van der Waals surface area (Å²) in [5.41, 5.74) is 5.24. The molecule has 1 unspecified atom stereocenters. The molecule has 0 saturated heterocycles. The summed E-state index contributed by atoms with van der Waals surface area (Å²) in [6.45, 7) is 3.82. The van der Waals surface area contributed by atoms with Gasteiger partial charge in [-0.25, -0.2) is 0 Å². The van der Waals surface area contributed by atoms with E-state index in [-0.39, 0.29) is 25.1 Å². The molecule has 0 aliphatic rings. The Morgan fingerprint density at radius 3 is 2.08 bits per heavy atom. The van der Waals surface area contributed by atoms with E-state index < -0.39 is 12.1 Å². The van der Waals surface area contributed by atoms with Crippen LogP contribution in [0.1, 0.15) is 78.1 Å². The molecule has 1 atom stereocenters. The molecule has 0 radical (unpaired) electrons. The first-order chi connectivity index (χ1) is 12.4. The number of rotatable bonds is 15. The molecule has 0 aromatic heterocycles. The first-order valence-electron chi connectivity index (χ1n) is 9.77. The molecule has 152 valence electrons. The van der Waals surface area contributed by atoms with Gasteiger partial charge in [0.2, 0.25) is 0 Å². The predicted octanol–water partition coefficient (Wildman–Crippen LogP) is 3.21. The largest absolute Gasteiger partial charge is 0.460 e. The Kier molecular flexibility index (Phi) is 14.4. The van der Waals surface area contributed by atoms with Crippen LogP contribution in [0.4, 0.5) is 0 Å². The van der Waals surface area contributed by atoms with Gasteiger partial charge >= 0.3 is 11.9 Å². The highest BCUT2D eigenvalue weighted by molar-refractivity contribution is 5.80. The minimum absolute atomic E-state index is 0.00801. The number of likely N-dealkylation sites (N-methyl/N-ethyl adjacent to an activating group) is 1. The van der Waals surface area contributed by atoms with Gasteiger partial charge in [0.25, 0.3) is 0 Å². The van der Waals surface area contributed by atoms with Crippen LogP contribution in [-0.2, 0) is 19.1 Å². The lowest BCUT2D eigenvalue weighted by molar-refractivity contribution is -0.158. The maximum atomic E-state index is 11.8. The lowest BCUT2D eigenvalue weighted by Crippen LogP contribution is -2.38. The van der Waals surface area contributed by atoms with Crippen molar-refractivity contribution >= 4 is 17.9 Å². The molecule has 0 aromatic carbocycles. The average molecular weight is 372 g/mol. The number of unbranched alkanes of at least 4 members (excludes halogenated alkanes) is 8. The highest BCUT2D eigenvalue weighted by Crippen LogP contribution is 2.11. The Balaban J connectivity index is 3.61. The van der Waals surface area contributed by atoms with Crippen molar-refractivity contribution in [3.63, 3.8) is 0 Å². The second kappa shape index (κ2) is 15.5. The molecule has 0 saturated carbocycles. The summed E-state index contributed by atoms with van der Waals surface area (Å²) < 4.78 is 10.2. The van der Waals surface area contributed by atoms with Crippen LogP contribution in [0.15, 0.2) is 0 Å². The fourth-order valence-electron chi connectivity index (χ4n) is 2.43. The monoisotopic (exact) mass is 371 g/mol. The van der Waals surface area contributed by atoms with E-state index in [2.05, 4.69) is 6.92 Å². The Bertz CT molecular complexity index is 416. The molecule has 0 aliphatic heterocycles. The third-order valence-electron chi connectivity index (χ3n) is 4.07. The van der Waals surface area contributed by atoms with Crippen LogP contribution in [0.2, 0.25) is 0 Å². The van der Waals surface area contributed by atoms with E-state index in [1.165, 1.54) is 50.5 Å². The summed E-state index contributed by atoms with van der Waals surface area (Å²) in [6.07, 6.45) is 10.7. The van der Waals surface area contributed by atoms with E-state index in [1.807, 2.05) is 0 Å². The quantitative estimate of drug-likeness (QED) is 0.198. The van der Waals surface area contributed by atoms with Crippen molar-refractivity contribution in [1.29, 1.82) is 5.41 Å². The molecule has 7 nitrogen and oxygen atoms in total. The van der Waals surface area contributed by atoms with E-state index in [4.69, 9.17) is 20.6 Å². The van der Waals surface area contributed by atoms with Gasteiger partial charge in [-0.1, -0.05) is 58.3 Å². The Morgan fingerprint density at radius 1 is 1.00 bits per heavy atom. The van der Waals surface area contributed by atoms with Crippen molar-refractivity contribution in [2.75, 3.05) is 20.2 Å². The minimum atomic E-state index is -0.510. The summed E-state index contributed by atoms with van der Waals surface area (Å²) in [7, 11) is 1.53. The molecule has 26 heavy (non-hydrogen) atoms. The highest BCUT2D eigenvalue weighted by Gasteiger charge is 2.14. The van der Waals surface area contributed by atoms with Gasteiger partial charge in [-0.15, -0.1) is 0 Å². The second-order valence-electron chi connectivity index (χ2n) is 6.80. The molecule has 3 N–H and O–H groups in total. The predicted molar refractivity (Wildman–Crippen MR) is 103 cm³/mol. The zero-order chi connectivity index (χ0) is 19.8. The van der Waals surface area contributed by atoms with Crippen molar-refractivity contribution in [3.05, 3.63) is 0 Å². The number of carbonyl (C=O) groups excluding carboxylic acids is 2. The lowest BCUT2D eigenvalue weighted by atomic mass is 10.1. The van der Waals surface area contributed by atoms with Gasteiger partial charge in [0.1, 0.15) is 19.3 Å². The Hall–Kier alpha value is -1.79. The number of ether oxygens (including phenoxy) is 2. The summed E-state index contributed by atoms with van der Waals surface area (Å²) in [4.78, 5) is 24.6. The van der Waals surface area contributed by atoms with Gasteiger partial charge < -0.3 is 20.1 Å². The molecule has 0 rings (SSSR count). The third kappa shape index (κ3) is 14.5. The molecule has 7 heteroatoms. The summed E-state index contributed by atoms with van der Waals surface area (Å²) in [5, 5.41) is 7.17. The first kappa shape index (κ1) is 24.2. The number of guanidine groups is 1. The molecule has 0 bridgehead atoms. The van der Waals surface area contributed by atoms with Gasteiger partial charge in [-0.05, 0) is 13.3 Å². The Labute approximate surface area is 158 Å². The standard InChI is InChI=1S/C19H37N3O4/c1-4-5-6-7-8-9-10-11-12-13-17(23)26-16(2)15-25-18(24)14-22(3)19(20)21/h16H,4-15H2,1-3H3,(H3,20,21). The SMILES string of the molecule is CCCCCCCCCCCC(=O)OC(C)COC(=O)CN(C)C(=N)N. The number of nitrogens with one attached hydrogen (secondary N) is 1. The zero-order valence-corrected chi connectivity index (χ0v) is 16.7. The molecule has 0 heterocycles. The van der Waals surface area contributed by atoms with Crippen LogP contribution >= 0.6 is 0 Å². The van der Waals surface area contributed by atoms with E-state index in [1.54, 1.807) is 6.92 Å².